The van der Waals surface area contributed by atoms with Gasteiger partial charge in [-0.1, -0.05) is 17.3 Å². The van der Waals surface area contributed by atoms with Gasteiger partial charge in [-0.3, -0.25) is 0 Å². The minimum atomic E-state index is -0.283. The highest BCUT2D eigenvalue weighted by Crippen LogP contribution is 2.38. The van der Waals surface area contributed by atoms with Crippen molar-refractivity contribution in [2.24, 2.45) is 0 Å². The first-order chi connectivity index (χ1) is 13.9. The molecule has 0 aliphatic carbocycles. The van der Waals surface area contributed by atoms with E-state index in [9.17, 15) is 10.0 Å². The molecule has 5 aromatic rings. The summed E-state index contributed by atoms with van der Waals surface area (Å²) in [5.41, 5.74) is 6.79. The first-order valence-electron chi connectivity index (χ1n) is 9.25. The molecule has 0 aliphatic rings. The van der Waals surface area contributed by atoms with Gasteiger partial charge < -0.3 is 19.7 Å². The molecule has 0 spiro atoms. The third kappa shape index (κ3) is 2.55. The number of nitrogens with zero attached hydrogens (tertiary/aromatic N) is 2. The Labute approximate surface area is 165 Å². The van der Waals surface area contributed by atoms with E-state index in [1.165, 1.54) is 0 Å². The zero-order valence-electron chi connectivity index (χ0n) is 16.2. The number of aryl methyl sites for hydroxylation is 3. The van der Waals surface area contributed by atoms with Crippen molar-refractivity contribution in [2.45, 2.75) is 20.8 Å². The molecule has 3 heterocycles. The van der Waals surface area contributed by atoms with Gasteiger partial charge in [0.2, 0.25) is 5.52 Å². The SMILES string of the molecule is Cc1c[n+]([O-])c2ccccc2c1-c1cc(-c2c(C)noc2C)cc2[nH]c(=O)[nH]c12. The smallest absolute Gasteiger partial charge is 0.323 e. The van der Waals surface area contributed by atoms with Gasteiger partial charge in [-0.05, 0) is 44.5 Å². The van der Waals surface area contributed by atoms with Gasteiger partial charge in [-0.2, -0.15) is 4.73 Å². The van der Waals surface area contributed by atoms with Crippen molar-refractivity contribution >= 4 is 21.9 Å². The van der Waals surface area contributed by atoms with Gasteiger partial charge in [0.25, 0.3) is 0 Å². The number of hydrogen-bond acceptors (Lipinski definition) is 4. The van der Waals surface area contributed by atoms with Crippen molar-refractivity contribution in [3.05, 3.63) is 75.3 Å². The molecule has 29 heavy (non-hydrogen) atoms. The molecular formula is C22H18N4O3. The molecule has 3 aromatic heterocycles. The van der Waals surface area contributed by atoms with Gasteiger partial charge in [0.15, 0.2) is 6.20 Å². The van der Waals surface area contributed by atoms with Crippen LogP contribution in [0, 0.1) is 26.0 Å². The summed E-state index contributed by atoms with van der Waals surface area (Å²) in [6.45, 7) is 5.65. The molecule has 5 rings (SSSR count). The Morgan fingerprint density at radius 3 is 2.62 bits per heavy atom. The largest absolute Gasteiger partial charge is 0.618 e. The molecule has 0 saturated carbocycles. The van der Waals surface area contributed by atoms with Crippen LogP contribution >= 0.6 is 0 Å². The van der Waals surface area contributed by atoms with E-state index in [0.717, 1.165) is 43.6 Å². The molecule has 0 atom stereocenters. The lowest BCUT2D eigenvalue weighted by atomic mass is 9.92. The lowest BCUT2D eigenvalue weighted by Crippen LogP contribution is -2.27. The van der Waals surface area contributed by atoms with E-state index in [0.29, 0.717) is 22.3 Å². The summed E-state index contributed by atoms with van der Waals surface area (Å²) >= 11 is 0. The quantitative estimate of drug-likeness (QED) is 0.355. The number of pyridine rings is 1. The molecule has 7 nitrogen and oxygen atoms in total. The Morgan fingerprint density at radius 1 is 1.07 bits per heavy atom. The zero-order chi connectivity index (χ0) is 20.3. The Balaban J connectivity index is 1.94. The molecule has 0 unspecified atom stereocenters. The Morgan fingerprint density at radius 2 is 1.86 bits per heavy atom. The van der Waals surface area contributed by atoms with Crippen LogP contribution in [0.4, 0.5) is 0 Å². The first kappa shape index (κ1) is 17.2. The van der Waals surface area contributed by atoms with Crippen LogP contribution < -0.4 is 10.4 Å². The van der Waals surface area contributed by atoms with Gasteiger partial charge in [-0.25, -0.2) is 4.79 Å². The van der Waals surface area contributed by atoms with E-state index in [2.05, 4.69) is 15.1 Å². The molecule has 2 N–H and O–H groups in total. The van der Waals surface area contributed by atoms with Gasteiger partial charge in [0.1, 0.15) is 5.76 Å². The summed E-state index contributed by atoms with van der Waals surface area (Å²) in [6, 6.07) is 11.4. The summed E-state index contributed by atoms with van der Waals surface area (Å²) in [6.07, 6.45) is 1.57. The molecule has 0 radical (unpaired) electrons. The Bertz CT molecular complexity index is 1450. The highest BCUT2D eigenvalue weighted by molar-refractivity contribution is 6.04. The van der Waals surface area contributed by atoms with E-state index < -0.39 is 0 Å². The highest BCUT2D eigenvalue weighted by Gasteiger charge is 2.20. The van der Waals surface area contributed by atoms with Gasteiger partial charge in [-0.15, -0.1) is 0 Å². The fourth-order valence-electron chi connectivity index (χ4n) is 4.14. The number of para-hydroxylation sites is 1. The molecule has 0 saturated heterocycles. The van der Waals surface area contributed by atoms with Crippen LogP contribution in [0.1, 0.15) is 17.0 Å². The fraction of sp³-hybridized carbons (Fsp3) is 0.136. The second kappa shape index (κ2) is 6.07. The van der Waals surface area contributed by atoms with E-state index in [1.807, 2.05) is 51.1 Å². The molecular weight excluding hydrogens is 368 g/mol. The van der Waals surface area contributed by atoms with Crippen molar-refractivity contribution < 1.29 is 9.25 Å². The van der Waals surface area contributed by atoms with Crippen molar-refractivity contribution in [1.82, 2.24) is 15.1 Å². The molecule has 0 fully saturated rings. The fourth-order valence-corrected chi connectivity index (χ4v) is 4.14. The second-order valence-corrected chi connectivity index (χ2v) is 7.25. The van der Waals surface area contributed by atoms with E-state index in [4.69, 9.17) is 4.52 Å². The molecule has 2 aromatic carbocycles. The van der Waals surface area contributed by atoms with Crippen molar-refractivity contribution in [1.29, 1.82) is 0 Å². The monoisotopic (exact) mass is 386 g/mol. The van der Waals surface area contributed by atoms with Crippen molar-refractivity contribution in [3.63, 3.8) is 0 Å². The van der Waals surface area contributed by atoms with E-state index in [-0.39, 0.29) is 5.69 Å². The number of rotatable bonds is 2. The lowest BCUT2D eigenvalue weighted by molar-refractivity contribution is -0.577. The third-order valence-corrected chi connectivity index (χ3v) is 5.33. The minimum absolute atomic E-state index is 0.283. The molecule has 0 amide bonds. The standard InChI is InChI=1S/C22H18N4O3/c1-11-10-26(28)18-7-5-4-6-15(18)19(11)16-8-14(20-12(2)25-29-13(20)3)9-17-21(16)24-22(27)23-17/h4-10H,1-3H3,(H2,23,24,27). The summed E-state index contributed by atoms with van der Waals surface area (Å²) < 4.78 is 6.23. The maximum absolute atomic E-state index is 12.4. The number of H-pyrrole nitrogens is 2. The first-order valence-corrected chi connectivity index (χ1v) is 9.25. The van der Waals surface area contributed by atoms with Crippen LogP contribution in [0.3, 0.4) is 0 Å². The number of aromatic nitrogens is 4. The van der Waals surface area contributed by atoms with Crippen molar-refractivity contribution in [2.75, 3.05) is 0 Å². The number of hydrogen-bond donors (Lipinski definition) is 2. The predicted octanol–water partition coefficient (Wildman–Crippen LogP) is 3.89. The Hall–Kier alpha value is -3.87. The number of fused-ring (bicyclic) bond motifs is 2. The third-order valence-electron chi connectivity index (χ3n) is 5.33. The van der Waals surface area contributed by atoms with Gasteiger partial charge in [0, 0.05) is 28.3 Å². The highest BCUT2D eigenvalue weighted by atomic mass is 16.5. The minimum Gasteiger partial charge on any atom is -0.618 e. The van der Waals surface area contributed by atoms with Crippen LogP contribution in [0.2, 0.25) is 0 Å². The maximum Gasteiger partial charge on any atom is 0.323 e. The number of benzene rings is 2. The number of aromatic amines is 2. The summed E-state index contributed by atoms with van der Waals surface area (Å²) in [5.74, 6) is 0.706. The molecule has 0 bridgehead atoms. The average Bonchev–Trinajstić information content (AvgIpc) is 3.22. The van der Waals surface area contributed by atoms with Crippen LogP contribution in [0.5, 0.6) is 0 Å². The number of imidazole rings is 1. The molecule has 144 valence electrons. The van der Waals surface area contributed by atoms with Crippen LogP contribution in [-0.2, 0) is 0 Å². The normalized spacial score (nSPS) is 11.6. The van der Waals surface area contributed by atoms with Gasteiger partial charge >= 0.3 is 5.69 Å². The van der Waals surface area contributed by atoms with Crippen LogP contribution in [0.15, 0.2) is 51.9 Å². The predicted molar refractivity (Wildman–Crippen MR) is 111 cm³/mol. The lowest BCUT2D eigenvalue weighted by Gasteiger charge is -2.13. The van der Waals surface area contributed by atoms with Crippen LogP contribution in [-0.4, -0.2) is 15.1 Å². The summed E-state index contributed by atoms with van der Waals surface area (Å²) in [5, 5.41) is 17.3. The topological polar surface area (TPSA) is 102 Å². The van der Waals surface area contributed by atoms with Crippen molar-refractivity contribution in [3.8, 4) is 22.3 Å². The zero-order valence-corrected chi connectivity index (χ0v) is 16.2. The second-order valence-electron chi connectivity index (χ2n) is 7.25. The molecule has 7 heteroatoms. The summed E-state index contributed by atoms with van der Waals surface area (Å²) in [7, 11) is 0. The Kier molecular flexibility index (Phi) is 3.61. The summed E-state index contributed by atoms with van der Waals surface area (Å²) in [4.78, 5) is 17.9. The van der Waals surface area contributed by atoms with Crippen LogP contribution in [0.25, 0.3) is 44.2 Å². The maximum atomic E-state index is 12.4. The molecule has 0 aliphatic heterocycles. The van der Waals surface area contributed by atoms with Gasteiger partial charge in [0.05, 0.1) is 22.1 Å². The van der Waals surface area contributed by atoms with E-state index in [1.54, 1.807) is 12.3 Å². The average molecular weight is 386 g/mol. The van der Waals surface area contributed by atoms with E-state index >= 15 is 0 Å². The number of nitrogens with one attached hydrogen (secondary N) is 2.